The molecule has 2 aromatic carbocycles. The van der Waals surface area contributed by atoms with Gasteiger partial charge in [-0.1, -0.05) is 48.0 Å². The van der Waals surface area contributed by atoms with Crippen LogP contribution >= 0.6 is 24.0 Å². The lowest BCUT2D eigenvalue weighted by atomic mass is 10.2. The van der Waals surface area contributed by atoms with Crippen molar-refractivity contribution in [3.63, 3.8) is 0 Å². The number of guanidine groups is 1. The Morgan fingerprint density at radius 1 is 1.12 bits per heavy atom. The highest BCUT2D eigenvalue weighted by molar-refractivity contribution is 14.0. The summed E-state index contributed by atoms with van der Waals surface area (Å²) in [5.74, 6) is 1.58. The third kappa shape index (κ3) is 4.82. The molecule has 0 fully saturated rings. The van der Waals surface area contributed by atoms with Crippen LogP contribution in [0.15, 0.2) is 70.2 Å². The van der Waals surface area contributed by atoms with Gasteiger partial charge in [-0.15, -0.1) is 24.0 Å². The Hall–Kier alpha value is -2.35. The fourth-order valence-corrected chi connectivity index (χ4v) is 2.10. The first-order valence-electron chi connectivity index (χ1n) is 7.34. The summed E-state index contributed by atoms with van der Waals surface area (Å²) in [7, 11) is 0. The van der Waals surface area contributed by atoms with Gasteiger partial charge in [-0.05, 0) is 19.1 Å². The van der Waals surface area contributed by atoms with E-state index in [-0.39, 0.29) is 30.5 Å². The lowest BCUT2D eigenvalue weighted by Crippen LogP contribution is -2.22. The summed E-state index contributed by atoms with van der Waals surface area (Å²) in [5, 5.41) is 3.04. The minimum absolute atomic E-state index is 0. The van der Waals surface area contributed by atoms with E-state index in [4.69, 9.17) is 10.2 Å². The van der Waals surface area contributed by atoms with Gasteiger partial charge in [-0.25, -0.2) is 9.98 Å². The van der Waals surface area contributed by atoms with Crippen LogP contribution in [-0.4, -0.2) is 10.9 Å². The van der Waals surface area contributed by atoms with Crippen molar-refractivity contribution < 1.29 is 4.42 Å². The maximum absolute atomic E-state index is 5.88. The molecule has 0 atom stereocenters. The molecule has 5 nitrogen and oxygen atoms in total. The van der Waals surface area contributed by atoms with E-state index in [1.165, 1.54) is 5.56 Å². The Morgan fingerprint density at radius 2 is 1.83 bits per heavy atom. The number of aryl methyl sites for hydroxylation is 1. The summed E-state index contributed by atoms with van der Waals surface area (Å²) in [5.41, 5.74) is 8.96. The first-order chi connectivity index (χ1) is 11.2. The molecule has 0 aliphatic carbocycles. The first kappa shape index (κ1) is 18.0. The number of nitrogens with two attached hydrogens (primary N) is 1. The fraction of sp³-hybridized carbons (Fsp3) is 0.111. The molecule has 24 heavy (non-hydrogen) atoms. The molecule has 0 spiro atoms. The number of aliphatic imine (C=N–C) groups is 1. The Bertz CT molecular complexity index is 797. The number of halogens is 1. The normalized spacial score (nSPS) is 11.0. The van der Waals surface area contributed by atoms with Gasteiger partial charge in [-0.2, -0.15) is 0 Å². The second-order valence-corrected chi connectivity index (χ2v) is 5.18. The zero-order valence-corrected chi connectivity index (χ0v) is 15.6. The largest absolute Gasteiger partial charge is 0.439 e. The topological polar surface area (TPSA) is 76.4 Å². The molecule has 0 radical (unpaired) electrons. The average molecular weight is 434 g/mol. The molecule has 6 heteroatoms. The number of hydrogen-bond donors (Lipinski definition) is 2. The molecule has 3 aromatic rings. The Labute approximate surface area is 158 Å². The maximum atomic E-state index is 5.88. The van der Waals surface area contributed by atoms with E-state index in [1.807, 2.05) is 61.5 Å². The van der Waals surface area contributed by atoms with Gasteiger partial charge < -0.3 is 15.5 Å². The third-order valence-corrected chi connectivity index (χ3v) is 3.32. The minimum atomic E-state index is 0. The van der Waals surface area contributed by atoms with Crippen molar-refractivity contribution >= 4 is 35.6 Å². The number of nitrogens with zero attached hydrogens (tertiary/aromatic N) is 2. The van der Waals surface area contributed by atoms with Gasteiger partial charge in [0.05, 0.1) is 6.20 Å². The fourth-order valence-electron chi connectivity index (χ4n) is 2.10. The quantitative estimate of drug-likeness (QED) is 0.367. The first-order valence-corrected chi connectivity index (χ1v) is 7.34. The van der Waals surface area contributed by atoms with Crippen molar-refractivity contribution in [3.8, 4) is 11.3 Å². The van der Waals surface area contributed by atoms with Crippen molar-refractivity contribution in [1.82, 2.24) is 4.98 Å². The van der Waals surface area contributed by atoms with Crippen LogP contribution in [0.5, 0.6) is 0 Å². The van der Waals surface area contributed by atoms with E-state index < -0.39 is 0 Å². The van der Waals surface area contributed by atoms with Crippen molar-refractivity contribution in [2.24, 2.45) is 10.7 Å². The average Bonchev–Trinajstić information content (AvgIpc) is 3.05. The molecule has 0 bridgehead atoms. The summed E-state index contributed by atoms with van der Waals surface area (Å²) in [6, 6.07) is 17.8. The molecular weight excluding hydrogens is 415 g/mol. The molecule has 124 valence electrons. The van der Waals surface area contributed by atoms with Crippen molar-refractivity contribution in [1.29, 1.82) is 0 Å². The van der Waals surface area contributed by atoms with Crippen LogP contribution in [0.4, 0.5) is 5.69 Å². The Morgan fingerprint density at radius 3 is 2.54 bits per heavy atom. The van der Waals surface area contributed by atoms with Crippen LogP contribution in [0.2, 0.25) is 0 Å². The highest BCUT2D eigenvalue weighted by Crippen LogP contribution is 2.19. The number of benzene rings is 2. The summed E-state index contributed by atoms with van der Waals surface area (Å²) < 4.78 is 5.68. The lowest BCUT2D eigenvalue weighted by Gasteiger charge is -2.05. The monoisotopic (exact) mass is 434 g/mol. The van der Waals surface area contributed by atoms with Crippen LogP contribution in [0.25, 0.3) is 11.3 Å². The van der Waals surface area contributed by atoms with Crippen LogP contribution in [0.3, 0.4) is 0 Å². The van der Waals surface area contributed by atoms with Gasteiger partial charge in [0.2, 0.25) is 5.89 Å². The third-order valence-electron chi connectivity index (χ3n) is 3.32. The molecule has 0 saturated carbocycles. The van der Waals surface area contributed by atoms with E-state index in [9.17, 15) is 0 Å². The number of hydrogen-bond acceptors (Lipinski definition) is 3. The summed E-state index contributed by atoms with van der Waals surface area (Å²) in [6.07, 6.45) is 1.70. The van der Waals surface area contributed by atoms with E-state index in [0.717, 1.165) is 17.0 Å². The summed E-state index contributed by atoms with van der Waals surface area (Å²) in [4.78, 5) is 8.47. The molecule has 3 rings (SSSR count). The second-order valence-electron chi connectivity index (χ2n) is 5.18. The molecule has 1 aromatic heterocycles. The Balaban J connectivity index is 0.00000208. The summed E-state index contributed by atoms with van der Waals surface area (Å²) >= 11 is 0. The molecule has 1 heterocycles. The molecule has 0 saturated heterocycles. The number of oxazole rings is 1. The number of rotatable bonds is 4. The van der Waals surface area contributed by atoms with E-state index in [0.29, 0.717) is 11.9 Å². The Kier molecular flexibility index (Phi) is 6.36. The van der Waals surface area contributed by atoms with Gasteiger partial charge in [0.25, 0.3) is 0 Å². The molecule has 0 aliphatic heterocycles. The zero-order valence-electron chi connectivity index (χ0n) is 13.3. The van der Waals surface area contributed by atoms with Crippen LogP contribution < -0.4 is 11.1 Å². The molecule has 0 unspecified atom stereocenters. The van der Waals surface area contributed by atoms with E-state index in [1.54, 1.807) is 6.20 Å². The standard InChI is InChI=1S/C18H18N4O.HI/c1-13-7-9-15(10-8-13)22-18(19)21-12-17-20-11-16(23-17)14-5-3-2-4-6-14;/h2-11H,12H2,1H3,(H3,19,21,22);1H. The predicted octanol–water partition coefficient (Wildman–Crippen LogP) is 4.19. The zero-order chi connectivity index (χ0) is 16.1. The molecule has 0 amide bonds. The molecular formula is C18H19IN4O. The maximum Gasteiger partial charge on any atom is 0.216 e. The smallest absolute Gasteiger partial charge is 0.216 e. The van der Waals surface area contributed by atoms with E-state index in [2.05, 4.69) is 15.3 Å². The highest BCUT2D eigenvalue weighted by atomic mass is 127. The number of anilines is 1. The van der Waals surface area contributed by atoms with Crippen LogP contribution in [0.1, 0.15) is 11.5 Å². The number of nitrogens with one attached hydrogen (secondary N) is 1. The van der Waals surface area contributed by atoms with Crippen molar-refractivity contribution in [2.75, 3.05) is 5.32 Å². The van der Waals surface area contributed by atoms with Crippen LogP contribution in [0, 0.1) is 6.92 Å². The lowest BCUT2D eigenvalue weighted by molar-refractivity contribution is 0.510. The minimum Gasteiger partial charge on any atom is -0.439 e. The van der Waals surface area contributed by atoms with Gasteiger partial charge in [-0.3, -0.25) is 0 Å². The van der Waals surface area contributed by atoms with E-state index >= 15 is 0 Å². The van der Waals surface area contributed by atoms with Crippen molar-refractivity contribution in [2.45, 2.75) is 13.5 Å². The van der Waals surface area contributed by atoms with Crippen LogP contribution in [-0.2, 0) is 6.54 Å². The van der Waals surface area contributed by atoms with Gasteiger partial charge in [0.15, 0.2) is 11.7 Å². The second kappa shape index (κ2) is 8.49. The molecule has 0 aliphatic rings. The van der Waals surface area contributed by atoms with Crippen molar-refractivity contribution in [3.05, 3.63) is 72.2 Å². The molecule has 3 N–H and O–H groups in total. The van der Waals surface area contributed by atoms with Gasteiger partial charge >= 0.3 is 0 Å². The van der Waals surface area contributed by atoms with Gasteiger partial charge in [0.1, 0.15) is 6.54 Å². The van der Waals surface area contributed by atoms with Gasteiger partial charge in [0, 0.05) is 11.3 Å². The predicted molar refractivity (Wildman–Crippen MR) is 107 cm³/mol. The summed E-state index contributed by atoms with van der Waals surface area (Å²) in [6.45, 7) is 2.33. The SMILES string of the molecule is Cc1ccc(NC(N)=NCc2ncc(-c3ccccc3)o2)cc1.I. The number of aromatic nitrogens is 1. The highest BCUT2D eigenvalue weighted by Gasteiger charge is 2.05.